The molecule has 0 amide bonds. The molecule has 0 aliphatic heterocycles. The van der Waals surface area contributed by atoms with Gasteiger partial charge in [0.1, 0.15) is 5.75 Å². The molecule has 0 spiro atoms. The van der Waals surface area contributed by atoms with Gasteiger partial charge in [0.2, 0.25) is 0 Å². The van der Waals surface area contributed by atoms with Gasteiger partial charge in [0.25, 0.3) is 0 Å². The van der Waals surface area contributed by atoms with Crippen molar-refractivity contribution in [2.45, 2.75) is 58.5 Å². The average molecular weight is 340 g/mol. The van der Waals surface area contributed by atoms with E-state index in [1.54, 1.807) is 0 Å². The molecule has 1 aromatic rings. The normalized spacial score (nSPS) is 16.6. The molecule has 20 heavy (non-hydrogen) atoms. The second-order valence-corrected chi connectivity index (χ2v) is 7.02. The predicted octanol–water partition coefficient (Wildman–Crippen LogP) is 4.91. The third kappa shape index (κ3) is 5.10. The van der Waals surface area contributed by atoms with Gasteiger partial charge in [0.05, 0.1) is 6.61 Å². The molecule has 2 nitrogen and oxygen atoms in total. The largest absolute Gasteiger partial charge is 0.493 e. The van der Waals surface area contributed by atoms with Gasteiger partial charge in [-0.2, -0.15) is 0 Å². The Morgan fingerprint density at radius 3 is 2.70 bits per heavy atom. The van der Waals surface area contributed by atoms with Crippen LogP contribution in [-0.2, 0) is 6.54 Å². The van der Waals surface area contributed by atoms with E-state index in [-0.39, 0.29) is 0 Å². The molecule has 0 saturated heterocycles. The van der Waals surface area contributed by atoms with E-state index in [1.807, 2.05) is 0 Å². The molecular weight excluding hydrogens is 314 g/mol. The molecule has 112 valence electrons. The summed E-state index contributed by atoms with van der Waals surface area (Å²) in [5, 5.41) is 3.47. The number of hydrogen-bond donors (Lipinski definition) is 1. The first-order valence-electron chi connectivity index (χ1n) is 7.80. The van der Waals surface area contributed by atoms with E-state index >= 15 is 0 Å². The molecule has 0 bridgehead atoms. The van der Waals surface area contributed by atoms with Gasteiger partial charge in [0, 0.05) is 22.6 Å². The van der Waals surface area contributed by atoms with Gasteiger partial charge in [-0.25, -0.2) is 0 Å². The summed E-state index contributed by atoms with van der Waals surface area (Å²) < 4.78 is 7.22. The van der Waals surface area contributed by atoms with E-state index in [1.165, 1.54) is 37.7 Å². The summed E-state index contributed by atoms with van der Waals surface area (Å²) in [6.45, 7) is 6.06. The highest BCUT2D eigenvalue weighted by atomic mass is 79.9. The molecule has 0 heterocycles. The van der Waals surface area contributed by atoms with Crippen LogP contribution in [0.2, 0.25) is 0 Å². The molecule has 1 N–H and O–H groups in total. The monoisotopic (exact) mass is 339 g/mol. The lowest BCUT2D eigenvalue weighted by Gasteiger charge is -2.22. The minimum Gasteiger partial charge on any atom is -0.493 e. The van der Waals surface area contributed by atoms with Gasteiger partial charge in [-0.1, -0.05) is 49.0 Å². The fourth-order valence-electron chi connectivity index (χ4n) is 2.70. The minimum atomic E-state index is 0.486. The van der Waals surface area contributed by atoms with Crippen LogP contribution in [0.4, 0.5) is 0 Å². The lowest BCUT2D eigenvalue weighted by atomic mass is 9.90. The second kappa shape index (κ2) is 8.04. The predicted molar refractivity (Wildman–Crippen MR) is 88.2 cm³/mol. The van der Waals surface area contributed by atoms with Crippen molar-refractivity contribution in [3.63, 3.8) is 0 Å². The lowest BCUT2D eigenvalue weighted by molar-refractivity contribution is 0.207. The number of nitrogens with one attached hydrogen (secondary N) is 1. The number of halogens is 1. The van der Waals surface area contributed by atoms with Gasteiger partial charge < -0.3 is 10.1 Å². The van der Waals surface area contributed by atoms with Crippen LogP contribution >= 0.6 is 15.9 Å². The van der Waals surface area contributed by atoms with Crippen molar-refractivity contribution < 1.29 is 4.74 Å². The zero-order chi connectivity index (χ0) is 14.4. The van der Waals surface area contributed by atoms with Crippen LogP contribution in [0.3, 0.4) is 0 Å². The molecular formula is C17H26BrNO. The Bertz CT molecular complexity index is 413. The lowest BCUT2D eigenvalue weighted by Crippen LogP contribution is -2.22. The maximum atomic E-state index is 6.10. The Morgan fingerprint density at radius 2 is 2.00 bits per heavy atom. The van der Waals surface area contributed by atoms with E-state index in [2.05, 4.69) is 53.3 Å². The number of benzene rings is 1. The molecule has 0 aromatic heterocycles. The van der Waals surface area contributed by atoms with Gasteiger partial charge in [-0.15, -0.1) is 0 Å². The van der Waals surface area contributed by atoms with Crippen LogP contribution in [0.5, 0.6) is 5.75 Å². The van der Waals surface area contributed by atoms with E-state index < -0.39 is 0 Å². The zero-order valence-electron chi connectivity index (χ0n) is 12.6. The summed E-state index contributed by atoms with van der Waals surface area (Å²) in [5.41, 5.74) is 1.24. The van der Waals surface area contributed by atoms with E-state index in [0.29, 0.717) is 6.04 Å². The third-order valence-corrected chi connectivity index (χ3v) is 4.42. The first-order chi connectivity index (χ1) is 9.65. The van der Waals surface area contributed by atoms with Crippen LogP contribution in [-0.4, -0.2) is 12.6 Å². The molecule has 2 rings (SSSR count). The molecule has 1 saturated carbocycles. The zero-order valence-corrected chi connectivity index (χ0v) is 14.2. The summed E-state index contributed by atoms with van der Waals surface area (Å²) in [6.07, 6.45) is 6.80. The first kappa shape index (κ1) is 15.8. The van der Waals surface area contributed by atoms with Gasteiger partial charge in [-0.3, -0.25) is 0 Å². The van der Waals surface area contributed by atoms with Gasteiger partial charge in [0.15, 0.2) is 0 Å². The highest BCUT2D eigenvalue weighted by Crippen LogP contribution is 2.27. The quantitative estimate of drug-likeness (QED) is 0.795. The van der Waals surface area contributed by atoms with Crippen LogP contribution in [0.1, 0.15) is 51.5 Å². The maximum Gasteiger partial charge on any atom is 0.123 e. The second-order valence-electron chi connectivity index (χ2n) is 6.10. The Labute approximate surface area is 131 Å². The van der Waals surface area contributed by atoms with E-state index in [9.17, 15) is 0 Å². The summed E-state index contributed by atoms with van der Waals surface area (Å²) >= 11 is 3.55. The number of hydrogen-bond acceptors (Lipinski definition) is 2. The highest BCUT2D eigenvalue weighted by molar-refractivity contribution is 9.10. The van der Waals surface area contributed by atoms with E-state index in [4.69, 9.17) is 4.74 Å². The van der Waals surface area contributed by atoms with Crippen molar-refractivity contribution in [3.8, 4) is 5.75 Å². The van der Waals surface area contributed by atoms with Crippen molar-refractivity contribution in [3.05, 3.63) is 28.2 Å². The van der Waals surface area contributed by atoms with Crippen molar-refractivity contribution in [1.82, 2.24) is 5.32 Å². The highest BCUT2D eigenvalue weighted by Gasteiger charge is 2.15. The van der Waals surface area contributed by atoms with E-state index in [0.717, 1.165) is 29.3 Å². The average Bonchev–Trinajstić information content (AvgIpc) is 2.45. The molecule has 0 unspecified atom stereocenters. The first-order valence-corrected chi connectivity index (χ1v) is 8.59. The molecule has 1 aliphatic rings. The molecule has 1 aliphatic carbocycles. The van der Waals surface area contributed by atoms with Crippen molar-refractivity contribution in [2.75, 3.05) is 6.61 Å². The minimum absolute atomic E-state index is 0.486. The topological polar surface area (TPSA) is 21.3 Å². The third-order valence-electron chi connectivity index (χ3n) is 3.92. The fraction of sp³-hybridized carbons (Fsp3) is 0.647. The standard InChI is InChI=1S/C17H26BrNO/c1-13(2)19-11-15-10-16(18)8-9-17(15)20-12-14-6-4-3-5-7-14/h8-10,13-14,19H,3-7,11-12H2,1-2H3. The Hall–Kier alpha value is -0.540. The maximum absolute atomic E-state index is 6.10. The van der Waals surface area contributed by atoms with Crippen molar-refractivity contribution in [2.24, 2.45) is 5.92 Å². The molecule has 0 radical (unpaired) electrons. The smallest absolute Gasteiger partial charge is 0.123 e. The van der Waals surface area contributed by atoms with Crippen LogP contribution < -0.4 is 10.1 Å². The Morgan fingerprint density at radius 1 is 1.25 bits per heavy atom. The molecule has 1 aromatic carbocycles. The Kier molecular flexibility index (Phi) is 6.37. The summed E-state index contributed by atoms with van der Waals surface area (Å²) in [4.78, 5) is 0. The summed E-state index contributed by atoms with van der Waals surface area (Å²) in [7, 11) is 0. The SMILES string of the molecule is CC(C)NCc1cc(Br)ccc1OCC1CCCCC1. The van der Waals surface area contributed by atoms with Crippen LogP contribution in [0.25, 0.3) is 0 Å². The number of rotatable bonds is 6. The van der Waals surface area contributed by atoms with Crippen molar-refractivity contribution >= 4 is 15.9 Å². The van der Waals surface area contributed by atoms with Crippen LogP contribution in [0, 0.1) is 5.92 Å². The summed E-state index contributed by atoms with van der Waals surface area (Å²) in [5.74, 6) is 1.78. The van der Waals surface area contributed by atoms with Crippen molar-refractivity contribution in [1.29, 1.82) is 0 Å². The summed E-state index contributed by atoms with van der Waals surface area (Å²) in [6, 6.07) is 6.80. The molecule has 0 atom stereocenters. The van der Waals surface area contributed by atoms with Gasteiger partial charge in [-0.05, 0) is 37.0 Å². The molecule has 3 heteroatoms. The number of ether oxygens (including phenoxy) is 1. The fourth-order valence-corrected chi connectivity index (χ4v) is 3.11. The van der Waals surface area contributed by atoms with Gasteiger partial charge >= 0.3 is 0 Å². The molecule has 1 fully saturated rings. The van der Waals surface area contributed by atoms with Crippen LogP contribution in [0.15, 0.2) is 22.7 Å². The Balaban J connectivity index is 1.94.